The van der Waals surface area contributed by atoms with Crippen molar-refractivity contribution in [3.05, 3.63) is 35.4 Å². The van der Waals surface area contributed by atoms with Crippen LogP contribution in [0, 0.1) is 18.8 Å². The normalized spacial score (nSPS) is 15.8. The molecule has 0 aromatic heterocycles. The number of hydrogen-bond donors (Lipinski definition) is 14. The molecule has 89 heavy (non-hydrogen) atoms. The maximum atomic E-state index is 14.4. The minimum absolute atomic E-state index is 0.0203. The lowest BCUT2D eigenvalue weighted by Crippen LogP contribution is -2.61. The van der Waals surface area contributed by atoms with Crippen LogP contribution in [0.5, 0.6) is 0 Å². The van der Waals surface area contributed by atoms with Crippen molar-refractivity contribution in [3.63, 3.8) is 0 Å². The first-order valence-corrected chi connectivity index (χ1v) is 29.6. The largest absolute Gasteiger partial charge is 0.481 e. The number of nitrogens with zero attached hydrogens (tertiary/aromatic N) is 1. The van der Waals surface area contributed by atoms with Crippen LogP contribution in [0.15, 0.2) is 24.3 Å². The highest BCUT2D eigenvalue weighted by Crippen LogP contribution is 2.22. The van der Waals surface area contributed by atoms with E-state index < -0.39 is 199 Å². The average molecular weight is 1260 g/mol. The molecule has 1 aromatic rings. The Hall–Kier alpha value is -9.06. The first-order chi connectivity index (χ1) is 41.7. The van der Waals surface area contributed by atoms with Crippen LogP contribution in [0.1, 0.15) is 144 Å². The number of nitrogens with two attached hydrogens (primary N) is 2. The quantitative estimate of drug-likeness (QED) is 0.0292. The van der Waals surface area contributed by atoms with Crippen molar-refractivity contribution in [3.8, 4) is 0 Å². The van der Waals surface area contributed by atoms with Crippen molar-refractivity contribution in [1.82, 2.24) is 58.1 Å². The van der Waals surface area contributed by atoms with Gasteiger partial charge in [0, 0.05) is 39.2 Å². The molecule has 494 valence electrons. The Morgan fingerprint density at radius 2 is 1.02 bits per heavy atom. The standard InChI is InChI=1S/C58H89N13O18/c1-10-14-36(48(79)57(88)61-28-43(74)63-38(20-23-42(59)73)52(83)65-35(12-3)50(81)68-40(27-33-18-16-31(8)17-19-33)54(85)64-34(11-2)49(60)80)66-55(86)41-15-13-26-71(41)58(89)47(30(6)7)70-56(87)46(29(4)5)69-53(84)39(22-25-45(77)78)67-51(82)37(62-32(9)72)21-24-44(75)76/h16-19,29-30,34-41,46-47H,10-15,20-28H2,1-9H3,(H2,59,73)(H2,60,80)(H,61,88)(H,62,72)(H,63,74)(H,64,85)(H,65,83)(H,66,86)(H,67,82)(H,68,81)(H,69,84)(H,70,87)(H,75,76)(H,77,78)/t34-,35+,36-,37-,38+,39-,40-,41-,46-,47-/m0/s1. The Kier molecular flexibility index (Phi) is 32.1. The van der Waals surface area contributed by atoms with Gasteiger partial charge >= 0.3 is 11.9 Å². The first-order valence-electron chi connectivity index (χ1n) is 29.6. The third-order valence-corrected chi connectivity index (χ3v) is 14.4. The van der Waals surface area contributed by atoms with Gasteiger partial charge in [-0.1, -0.05) is 84.7 Å². The van der Waals surface area contributed by atoms with E-state index in [-0.39, 0.29) is 57.9 Å². The van der Waals surface area contributed by atoms with Gasteiger partial charge in [0.1, 0.15) is 54.4 Å². The van der Waals surface area contributed by atoms with Crippen LogP contribution in [0.2, 0.25) is 0 Å². The van der Waals surface area contributed by atoms with Gasteiger partial charge in [0.05, 0.1) is 12.6 Å². The molecule has 0 saturated carbocycles. The van der Waals surface area contributed by atoms with Crippen molar-refractivity contribution in [2.75, 3.05) is 13.1 Å². The van der Waals surface area contributed by atoms with E-state index >= 15 is 0 Å². The fourth-order valence-corrected chi connectivity index (χ4v) is 9.36. The fraction of sp³-hybridized carbons (Fsp3) is 0.621. The SMILES string of the molecule is CCC[C@H](NC(=O)[C@@H]1CCCN1C(=O)[C@@H](NC(=O)[C@@H](NC(=O)[C@H](CCC(=O)O)NC(=O)[C@H](CCC(=O)O)NC(C)=O)C(C)C)C(C)C)C(=O)C(=O)NCC(=O)N[C@H](CCC(N)=O)C(=O)N[C@H](CC)C(=O)N[C@@H](Cc1ccc(C)cc1)C(=O)N[C@@H](CC)C(N)=O. The van der Waals surface area contributed by atoms with Crippen molar-refractivity contribution < 1.29 is 86.9 Å². The van der Waals surface area contributed by atoms with Crippen molar-refractivity contribution >= 4 is 94.5 Å². The molecule has 1 saturated heterocycles. The molecule has 0 spiro atoms. The summed E-state index contributed by atoms with van der Waals surface area (Å²) in [4.78, 5) is 210. The molecule has 31 heteroatoms. The van der Waals surface area contributed by atoms with E-state index in [2.05, 4.69) is 53.2 Å². The number of carbonyl (C=O) groups excluding carboxylic acids is 14. The molecule has 0 bridgehead atoms. The number of carboxylic acid groups (broad SMARTS) is 2. The summed E-state index contributed by atoms with van der Waals surface area (Å²) < 4.78 is 0. The summed E-state index contributed by atoms with van der Waals surface area (Å²) in [5.41, 5.74) is 12.4. The monoisotopic (exact) mass is 1260 g/mol. The number of benzene rings is 1. The highest BCUT2D eigenvalue weighted by molar-refractivity contribution is 6.38. The molecular formula is C58H89N13O18. The van der Waals surface area contributed by atoms with Crippen LogP contribution in [0.25, 0.3) is 0 Å². The number of ketones is 1. The van der Waals surface area contributed by atoms with Gasteiger partial charge in [-0.05, 0) is 75.7 Å². The molecule has 1 aliphatic rings. The fourth-order valence-electron chi connectivity index (χ4n) is 9.36. The summed E-state index contributed by atoms with van der Waals surface area (Å²) in [5, 5.41) is 43.0. The Morgan fingerprint density at radius 3 is 1.53 bits per heavy atom. The number of carboxylic acids is 2. The minimum Gasteiger partial charge on any atom is -0.481 e. The van der Waals surface area contributed by atoms with Gasteiger partial charge < -0.3 is 79.7 Å². The van der Waals surface area contributed by atoms with Gasteiger partial charge in [-0.3, -0.25) is 76.7 Å². The average Bonchev–Trinajstić information content (AvgIpc) is 2.17. The number of Topliss-reactive ketones (excluding diaryl/α,β-unsaturated/α-hetero) is 1. The number of nitrogens with one attached hydrogen (secondary N) is 10. The molecule has 16 N–H and O–H groups in total. The van der Waals surface area contributed by atoms with E-state index in [1.165, 1.54) is 4.90 Å². The van der Waals surface area contributed by atoms with Crippen LogP contribution in [-0.4, -0.2) is 183 Å². The Bertz CT molecular complexity index is 2740. The summed E-state index contributed by atoms with van der Waals surface area (Å²) >= 11 is 0. The molecule has 0 radical (unpaired) electrons. The van der Waals surface area contributed by atoms with Gasteiger partial charge in [0.25, 0.3) is 5.91 Å². The van der Waals surface area contributed by atoms with E-state index in [0.717, 1.165) is 12.5 Å². The Balaban J connectivity index is 2.23. The van der Waals surface area contributed by atoms with Gasteiger partial charge in [0.15, 0.2) is 0 Å². The molecule has 1 heterocycles. The topological polar surface area (TPSA) is 489 Å². The summed E-state index contributed by atoms with van der Waals surface area (Å²) in [6.07, 6.45) is -2.14. The number of likely N-dealkylation sites (tertiary alicyclic amines) is 1. The van der Waals surface area contributed by atoms with E-state index in [9.17, 15) is 81.8 Å². The van der Waals surface area contributed by atoms with Crippen LogP contribution in [-0.2, 0) is 83.1 Å². The number of aryl methyl sites for hydroxylation is 1. The van der Waals surface area contributed by atoms with Gasteiger partial charge in [-0.2, -0.15) is 0 Å². The Labute approximate surface area is 516 Å². The van der Waals surface area contributed by atoms with Crippen molar-refractivity contribution in [2.24, 2.45) is 23.3 Å². The molecule has 31 nitrogen and oxygen atoms in total. The third-order valence-electron chi connectivity index (χ3n) is 14.4. The molecule has 2 rings (SSSR count). The smallest absolute Gasteiger partial charge is 0.303 e. The summed E-state index contributed by atoms with van der Waals surface area (Å²) in [5.74, 6) is -16.7. The van der Waals surface area contributed by atoms with Crippen molar-refractivity contribution in [1.29, 1.82) is 0 Å². The lowest BCUT2D eigenvalue weighted by molar-refractivity contribution is -0.144. The molecular weight excluding hydrogens is 1170 g/mol. The van der Waals surface area contributed by atoms with E-state index in [0.29, 0.717) is 12.0 Å². The second kappa shape index (κ2) is 37.6. The van der Waals surface area contributed by atoms with E-state index in [1.54, 1.807) is 72.7 Å². The van der Waals surface area contributed by atoms with Crippen LogP contribution < -0.4 is 64.6 Å². The molecule has 1 aliphatic heterocycles. The van der Waals surface area contributed by atoms with Crippen LogP contribution in [0.3, 0.4) is 0 Å². The highest BCUT2D eigenvalue weighted by Gasteiger charge is 2.42. The second-order valence-electron chi connectivity index (χ2n) is 22.4. The molecule has 1 aromatic carbocycles. The first kappa shape index (κ1) is 76.0. The number of primary amides is 2. The highest BCUT2D eigenvalue weighted by atomic mass is 16.4. The zero-order valence-corrected chi connectivity index (χ0v) is 51.9. The Morgan fingerprint density at radius 1 is 0.551 bits per heavy atom. The van der Waals surface area contributed by atoms with Gasteiger partial charge in [0.2, 0.25) is 76.7 Å². The zero-order chi connectivity index (χ0) is 67.4. The lowest BCUT2D eigenvalue weighted by Gasteiger charge is -2.33. The predicted molar refractivity (Wildman–Crippen MR) is 317 cm³/mol. The minimum atomic E-state index is -1.59. The van der Waals surface area contributed by atoms with E-state index in [4.69, 9.17) is 16.6 Å². The van der Waals surface area contributed by atoms with Crippen LogP contribution >= 0.6 is 0 Å². The van der Waals surface area contributed by atoms with Crippen molar-refractivity contribution in [2.45, 2.75) is 206 Å². The third kappa shape index (κ3) is 26.0. The summed E-state index contributed by atoms with van der Waals surface area (Å²) in [7, 11) is 0. The number of amides is 13. The predicted octanol–water partition coefficient (Wildman–Crippen LogP) is -2.99. The molecule has 10 atom stereocenters. The molecule has 0 aliphatic carbocycles. The number of rotatable bonds is 39. The van der Waals surface area contributed by atoms with Gasteiger partial charge in [-0.25, -0.2) is 0 Å². The number of carbonyl (C=O) groups is 16. The number of aliphatic carboxylic acids is 2. The second-order valence-corrected chi connectivity index (χ2v) is 22.4. The van der Waals surface area contributed by atoms with E-state index in [1.807, 2.05) is 6.92 Å². The summed E-state index contributed by atoms with van der Waals surface area (Å²) in [6, 6.07) is -6.46. The van der Waals surface area contributed by atoms with Gasteiger partial charge in [-0.15, -0.1) is 0 Å². The number of hydrogen-bond acceptors (Lipinski definition) is 16. The maximum Gasteiger partial charge on any atom is 0.303 e. The molecule has 0 unspecified atom stereocenters. The molecule has 13 amide bonds. The summed E-state index contributed by atoms with van der Waals surface area (Å²) in [6.45, 7) is 13.2. The van der Waals surface area contributed by atoms with Crippen LogP contribution in [0.4, 0.5) is 0 Å². The lowest BCUT2D eigenvalue weighted by atomic mass is 9.98. The zero-order valence-electron chi connectivity index (χ0n) is 51.9. The molecule has 1 fully saturated rings. The maximum absolute atomic E-state index is 14.4.